The van der Waals surface area contributed by atoms with Crippen LogP contribution in [0, 0.1) is 0 Å². The Kier molecular flexibility index (Phi) is 3.34. The monoisotopic (exact) mass is 179 g/mol. The molecule has 0 unspecified atom stereocenters. The zero-order chi connectivity index (χ0) is 9.84. The van der Waals surface area contributed by atoms with Gasteiger partial charge in [0.15, 0.2) is 0 Å². The maximum absolute atomic E-state index is 8.83. The Hall–Kier alpha value is -0.995. The highest BCUT2D eigenvalue weighted by molar-refractivity contribution is 6.58. The zero-order valence-electron chi connectivity index (χ0n) is 7.86. The van der Waals surface area contributed by atoms with Crippen LogP contribution < -0.4 is 10.8 Å². The van der Waals surface area contributed by atoms with Crippen LogP contribution in [0.25, 0.3) is 0 Å². The molecule has 0 bridgehead atoms. The van der Waals surface area contributed by atoms with Gasteiger partial charge in [0, 0.05) is 11.7 Å². The highest BCUT2D eigenvalue weighted by Gasteiger charge is 2.09. The van der Waals surface area contributed by atoms with Gasteiger partial charge in [-0.25, -0.2) is 0 Å². The Morgan fingerprint density at radius 1 is 1.15 bits per heavy atom. The van der Waals surface area contributed by atoms with E-state index in [2.05, 4.69) is 19.2 Å². The molecule has 4 heteroatoms. The summed E-state index contributed by atoms with van der Waals surface area (Å²) in [6, 6.07) is 7.42. The summed E-state index contributed by atoms with van der Waals surface area (Å²) in [6.45, 7) is 4.10. The van der Waals surface area contributed by atoms with E-state index in [9.17, 15) is 0 Å². The predicted octanol–water partition coefficient (Wildman–Crippen LogP) is 0.187. The number of anilines is 1. The molecule has 0 saturated heterocycles. The second kappa shape index (κ2) is 4.30. The average Bonchev–Trinajstić information content (AvgIpc) is 2.04. The van der Waals surface area contributed by atoms with Crippen LogP contribution in [-0.2, 0) is 0 Å². The molecule has 3 nitrogen and oxygen atoms in total. The van der Waals surface area contributed by atoms with Crippen molar-refractivity contribution in [2.75, 3.05) is 5.32 Å². The van der Waals surface area contributed by atoms with E-state index >= 15 is 0 Å². The topological polar surface area (TPSA) is 52.5 Å². The van der Waals surface area contributed by atoms with Crippen LogP contribution in [0.4, 0.5) is 5.69 Å². The van der Waals surface area contributed by atoms with Crippen molar-refractivity contribution >= 4 is 18.3 Å². The van der Waals surface area contributed by atoms with Crippen LogP contribution >= 0.6 is 0 Å². The summed E-state index contributed by atoms with van der Waals surface area (Å²) in [5, 5.41) is 20.9. The summed E-state index contributed by atoms with van der Waals surface area (Å²) in [6.07, 6.45) is 0. The summed E-state index contributed by atoms with van der Waals surface area (Å²) in [4.78, 5) is 0. The molecule has 0 heterocycles. The minimum atomic E-state index is -1.38. The van der Waals surface area contributed by atoms with Crippen LogP contribution in [0.5, 0.6) is 0 Å². The molecule has 0 aliphatic heterocycles. The van der Waals surface area contributed by atoms with Gasteiger partial charge in [0.2, 0.25) is 0 Å². The molecule has 1 aromatic carbocycles. The molecule has 0 amide bonds. The molecule has 1 rings (SSSR count). The predicted molar refractivity (Wildman–Crippen MR) is 55.0 cm³/mol. The Balaban J connectivity index is 2.70. The summed E-state index contributed by atoms with van der Waals surface area (Å²) in [7, 11) is -1.38. The molecular weight excluding hydrogens is 165 g/mol. The lowest BCUT2D eigenvalue weighted by Gasteiger charge is -2.09. The molecule has 0 aliphatic rings. The van der Waals surface area contributed by atoms with Gasteiger partial charge in [0.1, 0.15) is 0 Å². The first-order valence-electron chi connectivity index (χ1n) is 4.32. The highest BCUT2D eigenvalue weighted by Crippen LogP contribution is 2.05. The SMILES string of the molecule is CC(C)Nc1ccc(B(O)O)cc1. The molecular formula is C9H14BNO2. The summed E-state index contributed by atoms with van der Waals surface area (Å²) >= 11 is 0. The average molecular weight is 179 g/mol. The van der Waals surface area contributed by atoms with Gasteiger partial charge < -0.3 is 15.4 Å². The molecule has 0 radical (unpaired) electrons. The van der Waals surface area contributed by atoms with E-state index < -0.39 is 7.12 Å². The molecule has 1 aromatic rings. The third kappa shape index (κ3) is 3.09. The van der Waals surface area contributed by atoms with Gasteiger partial charge >= 0.3 is 7.12 Å². The van der Waals surface area contributed by atoms with E-state index in [0.29, 0.717) is 11.5 Å². The van der Waals surface area contributed by atoms with Crippen LogP contribution in [0.2, 0.25) is 0 Å². The van der Waals surface area contributed by atoms with Crippen molar-refractivity contribution in [3.05, 3.63) is 24.3 Å². The third-order valence-electron chi connectivity index (χ3n) is 1.66. The number of rotatable bonds is 3. The van der Waals surface area contributed by atoms with E-state index in [1.165, 1.54) is 0 Å². The van der Waals surface area contributed by atoms with Crippen molar-refractivity contribution in [3.8, 4) is 0 Å². The van der Waals surface area contributed by atoms with Crippen molar-refractivity contribution in [2.45, 2.75) is 19.9 Å². The second-order valence-electron chi connectivity index (χ2n) is 3.29. The van der Waals surface area contributed by atoms with Crippen LogP contribution in [0.1, 0.15) is 13.8 Å². The minimum absolute atomic E-state index is 0.380. The van der Waals surface area contributed by atoms with E-state index in [0.717, 1.165) is 5.69 Å². The Morgan fingerprint density at radius 2 is 1.69 bits per heavy atom. The van der Waals surface area contributed by atoms with Gasteiger partial charge in [-0.2, -0.15) is 0 Å². The van der Waals surface area contributed by atoms with Gasteiger partial charge in [-0.3, -0.25) is 0 Å². The lowest BCUT2D eigenvalue weighted by atomic mass is 9.80. The van der Waals surface area contributed by atoms with Crippen molar-refractivity contribution in [1.82, 2.24) is 0 Å². The maximum atomic E-state index is 8.83. The molecule has 0 aliphatic carbocycles. The van der Waals surface area contributed by atoms with Crippen molar-refractivity contribution < 1.29 is 10.0 Å². The fourth-order valence-corrected chi connectivity index (χ4v) is 1.08. The first kappa shape index (κ1) is 10.1. The van der Waals surface area contributed by atoms with Gasteiger partial charge in [-0.15, -0.1) is 0 Å². The molecule has 0 fully saturated rings. The van der Waals surface area contributed by atoms with Crippen LogP contribution in [0.3, 0.4) is 0 Å². The normalized spacial score (nSPS) is 10.2. The van der Waals surface area contributed by atoms with Crippen molar-refractivity contribution in [3.63, 3.8) is 0 Å². The van der Waals surface area contributed by atoms with Crippen LogP contribution in [-0.4, -0.2) is 23.2 Å². The lowest BCUT2D eigenvalue weighted by Crippen LogP contribution is -2.29. The molecule has 3 N–H and O–H groups in total. The molecule has 0 atom stereocenters. The van der Waals surface area contributed by atoms with Gasteiger partial charge in [-0.05, 0) is 31.4 Å². The molecule has 0 spiro atoms. The Bertz CT molecular complexity index is 259. The fraction of sp³-hybridized carbons (Fsp3) is 0.333. The maximum Gasteiger partial charge on any atom is 0.488 e. The van der Waals surface area contributed by atoms with Gasteiger partial charge in [0.25, 0.3) is 0 Å². The largest absolute Gasteiger partial charge is 0.488 e. The quantitative estimate of drug-likeness (QED) is 0.580. The minimum Gasteiger partial charge on any atom is -0.423 e. The van der Waals surface area contributed by atoms with E-state index in [4.69, 9.17) is 10.0 Å². The van der Waals surface area contributed by atoms with Crippen LogP contribution in [0.15, 0.2) is 24.3 Å². The Morgan fingerprint density at radius 3 is 2.08 bits per heavy atom. The number of nitrogens with one attached hydrogen (secondary N) is 1. The summed E-state index contributed by atoms with van der Waals surface area (Å²) in [5.74, 6) is 0. The van der Waals surface area contributed by atoms with E-state index in [1.54, 1.807) is 12.1 Å². The number of benzene rings is 1. The molecule has 13 heavy (non-hydrogen) atoms. The number of hydrogen-bond donors (Lipinski definition) is 3. The Labute approximate surface area is 78.6 Å². The standard InChI is InChI=1S/C9H14BNO2/c1-7(2)11-9-5-3-8(4-6-9)10(12)13/h3-7,11-13H,1-2H3. The van der Waals surface area contributed by atoms with E-state index in [1.807, 2.05) is 12.1 Å². The third-order valence-corrected chi connectivity index (χ3v) is 1.66. The first-order chi connectivity index (χ1) is 6.09. The second-order valence-corrected chi connectivity index (χ2v) is 3.29. The smallest absolute Gasteiger partial charge is 0.423 e. The highest BCUT2D eigenvalue weighted by atomic mass is 16.4. The van der Waals surface area contributed by atoms with E-state index in [-0.39, 0.29) is 0 Å². The summed E-state index contributed by atoms with van der Waals surface area (Å²) in [5.41, 5.74) is 1.49. The van der Waals surface area contributed by atoms with Crippen molar-refractivity contribution in [1.29, 1.82) is 0 Å². The lowest BCUT2D eigenvalue weighted by molar-refractivity contribution is 0.426. The van der Waals surface area contributed by atoms with Gasteiger partial charge in [0.05, 0.1) is 0 Å². The molecule has 0 aromatic heterocycles. The molecule has 70 valence electrons. The van der Waals surface area contributed by atoms with Crippen molar-refractivity contribution in [2.24, 2.45) is 0 Å². The van der Waals surface area contributed by atoms with Gasteiger partial charge in [-0.1, -0.05) is 12.1 Å². The zero-order valence-corrected chi connectivity index (χ0v) is 7.86. The number of hydrogen-bond acceptors (Lipinski definition) is 3. The summed E-state index contributed by atoms with van der Waals surface area (Å²) < 4.78 is 0. The molecule has 0 saturated carbocycles. The first-order valence-corrected chi connectivity index (χ1v) is 4.32. The fourth-order valence-electron chi connectivity index (χ4n) is 1.08.